The number of hydrogen-bond acceptors (Lipinski definition) is 7. The van der Waals surface area contributed by atoms with Gasteiger partial charge < -0.3 is 34.7 Å². The number of phenolic OH excluding ortho intramolecular Hbond substituents is 1. The van der Waals surface area contributed by atoms with Gasteiger partial charge in [-0.2, -0.15) is 0 Å². The fourth-order valence-electron chi connectivity index (χ4n) is 6.98. The van der Waals surface area contributed by atoms with Crippen molar-refractivity contribution >= 4 is 0 Å². The minimum Gasteiger partial charge on any atom is -0.507 e. The van der Waals surface area contributed by atoms with E-state index in [1.807, 2.05) is 12.1 Å². The van der Waals surface area contributed by atoms with Crippen LogP contribution in [0.1, 0.15) is 45.5 Å². The molecule has 0 saturated carbocycles. The largest absolute Gasteiger partial charge is 0.507 e. The number of benzene rings is 4. The van der Waals surface area contributed by atoms with E-state index in [1.54, 1.807) is 20.3 Å². The zero-order chi connectivity index (χ0) is 27.7. The van der Waals surface area contributed by atoms with E-state index >= 15 is 0 Å². The molecule has 0 radical (unpaired) electrons. The van der Waals surface area contributed by atoms with Crippen LogP contribution < -0.4 is 29.6 Å². The maximum absolute atomic E-state index is 11.0. The number of aromatic hydroxyl groups is 1. The molecule has 4 aliphatic heterocycles. The molecule has 4 heterocycles. The van der Waals surface area contributed by atoms with Gasteiger partial charge in [0.1, 0.15) is 11.5 Å². The molecule has 4 aromatic rings. The summed E-state index contributed by atoms with van der Waals surface area (Å²) in [7, 11) is 3.36. The fourth-order valence-corrected chi connectivity index (χ4v) is 6.98. The van der Waals surface area contributed by atoms with Gasteiger partial charge in [0.2, 0.25) is 5.75 Å². The van der Waals surface area contributed by atoms with Gasteiger partial charge in [0, 0.05) is 28.8 Å². The van der Waals surface area contributed by atoms with Gasteiger partial charge in [0.25, 0.3) is 0 Å². The molecule has 7 nitrogen and oxygen atoms in total. The van der Waals surface area contributed by atoms with E-state index in [9.17, 15) is 5.11 Å². The van der Waals surface area contributed by atoms with Gasteiger partial charge >= 0.3 is 0 Å². The van der Waals surface area contributed by atoms with Crippen molar-refractivity contribution in [3.05, 3.63) is 88.0 Å². The highest BCUT2D eigenvalue weighted by Gasteiger charge is 2.35. The van der Waals surface area contributed by atoms with E-state index in [2.05, 4.69) is 47.0 Å². The van der Waals surface area contributed by atoms with Gasteiger partial charge in [-0.15, -0.1) is 0 Å². The van der Waals surface area contributed by atoms with Crippen LogP contribution in [0.2, 0.25) is 0 Å². The van der Waals surface area contributed by atoms with Gasteiger partial charge in [-0.1, -0.05) is 12.1 Å². The van der Waals surface area contributed by atoms with Crippen molar-refractivity contribution in [2.75, 3.05) is 27.3 Å². The molecule has 7 heteroatoms. The molecule has 0 saturated heterocycles. The summed E-state index contributed by atoms with van der Waals surface area (Å²) in [6, 6.07) is 18.6. The Hall–Kier alpha value is -4.20. The van der Waals surface area contributed by atoms with Crippen LogP contribution in [0.4, 0.5) is 0 Å². The van der Waals surface area contributed by atoms with E-state index in [1.165, 1.54) is 16.7 Å². The monoisotopic (exact) mass is 548 g/mol. The Balaban J connectivity index is 1.38. The predicted octanol–water partition coefficient (Wildman–Crippen LogP) is 6.15. The van der Waals surface area contributed by atoms with E-state index in [-0.39, 0.29) is 17.8 Å². The van der Waals surface area contributed by atoms with Crippen molar-refractivity contribution < 1.29 is 24.1 Å². The van der Waals surface area contributed by atoms with Gasteiger partial charge in [-0.25, -0.2) is 0 Å². The first-order valence-corrected chi connectivity index (χ1v) is 14.3. The second-order valence-electron chi connectivity index (χ2n) is 11.3. The van der Waals surface area contributed by atoms with E-state index in [4.69, 9.17) is 18.9 Å². The smallest absolute Gasteiger partial charge is 0.212 e. The van der Waals surface area contributed by atoms with Crippen molar-refractivity contribution in [1.29, 1.82) is 0 Å². The molecule has 0 aromatic heterocycles. The Bertz CT molecular complexity index is 1710. The van der Waals surface area contributed by atoms with Gasteiger partial charge in [0.05, 0.1) is 14.2 Å². The van der Waals surface area contributed by atoms with Crippen LogP contribution in [-0.4, -0.2) is 32.4 Å². The van der Waals surface area contributed by atoms with Crippen molar-refractivity contribution in [3.8, 4) is 51.4 Å². The average molecular weight is 549 g/mol. The third-order valence-electron chi connectivity index (χ3n) is 8.96. The minimum atomic E-state index is 0.00433. The molecule has 4 aliphatic rings. The summed E-state index contributed by atoms with van der Waals surface area (Å²) >= 11 is 0. The normalized spacial score (nSPS) is 19.7. The molecule has 0 fully saturated rings. The molecule has 0 spiro atoms. The Kier molecular flexibility index (Phi) is 5.66. The molecule has 8 rings (SSSR count). The van der Waals surface area contributed by atoms with E-state index in [0.29, 0.717) is 11.5 Å². The zero-order valence-electron chi connectivity index (χ0n) is 23.2. The molecule has 4 aromatic carbocycles. The lowest BCUT2D eigenvalue weighted by molar-refractivity contribution is 0.318. The maximum atomic E-state index is 11.0. The van der Waals surface area contributed by atoms with Gasteiger partial charge in [0.15, 0.2) is 23.0 Å². The molecular formula is C34H32N2O5. The molecule has 3 N–H and O–H groups in total. The molecule has 0 aliphatic carbocycles. The highest BCUT2D eigenvalue weighted by molar-refractivity contribution is 5.77. The van der Waals surface area contributed by atoms with Crippen molar-refractivity contribution in [1.82, 2.24) is 10.6 Å². The lowest BCUT2D eigenvalue weighted by atomic mass is 9.86. The number of rotatable bonds is 2. The van der Waals surface area contributed by atoms with Crippen LogP contribution in [0.5, 0.6) is 40.2 Å². The Labute approximate surface area is 239 Å². The second-order valence-corrected chi connectivity index (χ2v) is 11.3. The summed E-state index contributed by atoms with van der Waals surface area (Å²) in [5.74, 6) is 4.49. The summed E-state index contributed by atoms with van der Waals surface area (Å²) in [6.07, 6.45) is 3.28. The maximum Gasteiger partial charge on any atom is 0.212 e. The van der Waals surface area contributed by atoms with Crippen LogP contribution in [0.25, 0.3) is 11.1 Å². The first-order valence-electron chi connectivity index (χ1n) is 14.3. The first kappa shape index (κ1) is 24.6. The average Bonchev–Trinajstić information content (AvgIpc) is 2.99. The summed E-state index contributed by atoms with van der Waals surface area (Å²) in [5.41, 5.74) is 8.71. The SMILES string of the molecule is COc1ccc2cc1-c1cc(ccc1O)C[C@H]1NCCc3cc4c(cc31)Oc1c(c(OC)cc3c1[C@H](C2)NCC3)O4. The van der Waals surface area contributed by atoms with Crippen molar-refractivity contribution in [2.45, 2.75) is 37.8 Å². The highest BCUT2D eigenvalue weighted by Crippen LogP contribution is 2.55. The van der Waals surface area contributed by atoms with Gasteiger partial charge in [-0.05, 0) is 109 Å². The number of hydrogen-bond donors (Lipinski definition) is 3. The number of ether oxygens (including phenoxy) is 4. The van der Waals surface area contributed by atoms with Gasteiger partial charge in [-0.3, -0.25) is 0 Å². The van der Waals surface area contributed by atoms with E-state index in [0.717, 1.165) is 89.6 Å². The molecule has 41 heavy (non-hydrogen) atoms. The topological polar surface area (TPSA) is 81.2 Å². The van der Waals surface area contributed by atoms with Crippen LogP contribution in [0, 0.1) is 0 Å². The summed E-state index contributed by atoms with van der Waals surface area (Å²) in [6.45, 7) is 1.72. The minimum absolute atomic E-state index is 0.00433. The lowest BCUT2D eigenvalue weighted by Crippen LogP contribution is -2.32. The number of nitrogens with one attached hydrogen (secondary N) is 2. The Morgan fingerprint density at radius 3 is 2.22 bits per heavy atom. The molecule has 7 bridgehead atoms. The summed E-state index contributed by atoms with van der Waals surface area (Å²) < 4.78 is 25.0. The Morgan fingerprint density at radius 2 is 1.39 bits per heavy atom. The lowest BCUT2D eigenvalue weighted by Gasteiger charge is -2.34. The number of methoxy groups -OCH3 is 2. The van der Waals surface area contributed by atoms with Crippen molar-refractivity contribution in [2.24, 2.45) is 0 Å². The molecule has 0 amide bonds. The molecular weight excluding hydrogens is 516 g/mol. The Morgan fingerprint density at radius 1 is 0.707 bits per heavy atom. The molecule has 0 unspecified atom stereocenters. The number of phenols is 1. The predicted molar refractivity (Wildman–Crippen MR) is 156 cm³/mol. The highest BCUT2D eigenvalue weighted by atomic mass is 16.6. The summed E-state index contributed by atoms with van der Waals surface area (Å²) in [5, 5.41) is 18.5. The third-order valence-corrected chi connectivity index (χ3v) is 8.96. The van der Waals surface area contributed by atoms with Crippen LogP contribution in [0.15, 0.2) is 54.6 Å². The molecule has 208 valence electrons. The fraction of sp³-hybridized carbons (Fsp3) is 0.294. The third kappa shape index (κ3) is 3.95. The van der Waals surface area contributed by atoms with Crippen LogP contribution in [0.3, 0.4) is 0 Å². The van der Waals surface area contributed by atoms with Crippen LogP contribution in [-0.2, 0) is 25.7 Å². The number of fused-ring (bicyclic) bond motifs is 5. The zero-order valence-corrected chi connectivity index (χ0v) is 23.2. The molecule has 2 atom stereocenters. The standard InChI is InChI=1S/C34H32N2O5/c1-38-28-6-4-19-12-24(28)23-11-18(3-5-27(23)37)13-25-22-17-30-29(15-20(22)7-9-35-25)40-33-31(39-2)16-21-8-10-36-26(14-19)32(21)34(33)41-30/h3-6,11-12,15-17,25-26,35-37H,7-10,13-14H2,1-2H3/t25-,26+/m1/s1. The first-order chi connectivity index (χ1) is 20.1. The van der Waals surface area contributed by atoms with E-state index < -0.39 is 0 Å². The quantitative estimate of drug-likeness (QED) is 0.244. The second kappa shape index (κ2) is 9.43. The van der Waals surface area contributed by atoms with Crippen molar-refractivity contribution in [3.63, 3.8) is 0 Å². The van der Waals surface area contributed by atoms with Crippen LogP contribution >= 0.6 is 0 Å². The summed E-state index contributed by atoms with van der Waals surface area (Å²) in [4.78, 5) is 0.